The summed E-state index contributed by atoms with van der Waals surface area (Å²) in [6.07, 6.45) is 3.57. The number of piperazine rings is 1. The van der Waals surface area contributed by atoms with Gasteiger partial charge in [-0.1, -0.05) is 20.3 Å². The Bertz CT molecular complexity index is 568. The first-order valence-electron chi connectivity index (χ1n) is 8.80. The number of aromatic nitrogens is 1. The van der Waals surface area contributed by atoms with Gasteiger partial charge in [0.25, 0.3) is 11.8 Å². The minimum absolute atomic E-state index is 0.0595. The monoisotopic (exact) mass is 332 g/mol. The fourth-order valence-corrected chi connectivity index (χ4v) is 2.83. The molecular weight excluding hydrogens is 304 g/mol. The molecule has 0 unspecified atom stereocenters. The van der Waals surface area contributed by atoms with E-state index in [4.69, 9.17) is 0 Å². The molecule has 0 radical (unpaired) electrons. The molecule has 1 saturated heterocycles. The summed E-state index contributed by atoms with van der Waals surface area (Å²) >= 11 is 0. The Morgan fingerprint density at radius 1 is 1.21 bits per heavy atom. The molecule has 0 bridgehead atoms. The van der Waals surface area contributed by atoms with E-state index in [1.807, 2.05) is 4.90 Å². The molecule has 0 spiro atoms. The van der Waals surface area contributed by atoms with Crippen molar-refractivity contribution in [3.63, 3.8) is 0 Å². The van der Waals surface area contributed by atoms with Crippen LogP contribution >= 0.6 is 0 Å². The fraction of sp³-hybridized carbons (Fsp3) is 0.611. The van der Waals surface area contributed by atoms with Gasteiger partial charge in [-0.2, -0.15) is 0 Å². The Morgan fingerprint density at radius 3 is 2.54 bits per heavy atom. The minimum atomic E-state index is -0.0865. The number of hydrogen-bond donors (Lipinski definition) is 0. The Morgan fingerprint density at radius 2 is 1.92 bits per heavy atom. The molecule has 1 aromatic rings. The van der Waals surface area contributed by atoms with Crippen LogP contribution in [0.1, 0.15) is 47.5 Å². The van der Waals surface area contributed by atoms with Crippen molar-refractivity contribution in [2.75, 3.05) is 46.3 Å². The summed E-state index contributed by atoms with van der Waals surface area (Å²) in [5.41, 5.74) is 0.883. The quantitative estimate of drug-likeness (QED) is 0.796. The second-order valence-corrected chi connectivity index (χ2v) is 6.24. The highest BCUT2D eigenvalue weighted by atomic mass is 16.2. The molecule has 1 fully saturated rings. The number of carbonyl (C=O) groups is 2. The van der Waals surface area contributed by atoms with Crippen molar-refractivity contribution in [2.24, 2.45) is 0 Å². The summed E-state index contributed by atoms with van der Waals surface area (Å²) in [6, 6.07) is 3.30. The molecule has 0 saturated carbocycles. The first-order valence-corrected chi connectivity index (χ1v) is 8.80. The maximum atomic E-state index is 12.6. The number of amides is 2. The highest BCUT2D eigenvalue weighted by Crippen LogP contribution is 2.11. The van der Waals surface area contributed by atoms with E-state index in [1.165, 1.54) is 0 Å². The molecule has 1 aromatic heterocycles. The Balaban J connectivity index is 2.04. The second-order valence-electron chi connectivity index (χ2n) is 6.24. The van der Waals surface area contributed by atoms with Crippen LogP contribution in [0.4, 0.5) is 0 Å². The smallest absolute Gasteiger partial charge is 0.272 e. The third-order valence-corrected chi connectivity index (χ3v) is 4.53. The summed E-state index contributed by atoms with van der Waals surface area (Å²) in [5.74, 6) is -0.146. The lowest BCUT2D eigenvalue weighted by atomic mass is 10.1. The number of unbranched alkanes of at least 4 members (excludes halogenated alkanes) is 1. The van der Waals surface area contributed by atoms with Crippen molar-refractivity contribution < 1.29 is 9.59 Å². The molecule has 0 aromatic carbocycles. The largest absolute Gasteiger partial charge is 0.342 e. The van der Waals surface area contributed by atoms with Gasteiger partial charge in [0.15, 0.2) is 0 Å². The average molecular weight is 332 g/mol. The normalized spacial score (nSPS) is 15.4. The molecule has 2 rings (SSSR count). The number of hydrogen-bond acceptors (Lipinski definition) is 4. The van der Waals surface area contributed by atoms with Gasteiger partial charge in [0.2, 0.25) is 0 Å². The molecule has 0 N–H and O–H groups in total. The van der Waals surface area contributed by atoms with Crippen molar-refractivity contribution in [3.8, 4) is 0 Å². The van der Waals surface area contributed by atoms with Crippen LogP contribution in [-0.4, -0.2) is 77.8 Å². The van der Waals surface area contributed by atoms with Crippen LogP contribution < -0.4 is 0 Å². The maximum Gasteiger partial charge on any atom is 0.272 e. The Kier molecular flexibility index (Phi) is 6.73. The van der Waals surface area contributed by atoms with Crippen molar-refractivity contribution >= 4 is 11.8 Å². The zero-order chi connectivity index (χ0) is 17.5. The number of rotatable bonds is 6. The van der Waals surface area contributed by atoms with Crippen LogP contribution in [0, 0.1) is 0 Å². The van der Waals surface area contributed by atoms with E-state index in [-0.39, 0.29) is 11.8 Å². The zero-order valence-corrected chi connectivity index (χ0v) is 15.0. The van der Waals surface area contributed by atoms with Gasteiger partial charge in [-0.3, -0.25) is 14.6 Å². The predicted octanol–water partition coefficient (Wildman–Crippen LogP) is 1.73. The summed E-state index contributed by atoms with van der Waals surface area (Å²) in [7, 11) is 1.80. The fourth-order valence-electron chi connectivity index (χ4n) is 2.83. The van der Waals surface area contributed by atoms with Crippen LogP contribution in [0.15, 0.2) is 18.3 Å². The third kappa shape index (κ3) is 4.54. The van der Waals surface area contributed by atoms with E-state index in [0.29, 0.717) is 24.3 Å². The average Bonchev–Trinajstić information content (AvgIpc) is 2.65. The molecular formula is C18H28N4O2. The topological polar surface area (TPSA) is 56.8 Å². The van der Waals surface area contributed by atoms with E-state index in [0.717, 1.165) is 39.0 Å². The van der Waals surface area contributed by atoms with Crippen LogP contribution in [0.2, 0.25) is 0 Å². The van der Waals surface area contributed by atoms with E-state index in [9.17, 15) is 9.59 Å². The van der Waals surface area contributed by atoms with E-state index >= 15 is 0 Å². The molecule has 6 heteroatoms. The highest BCUT2D eigenvalue weighted by Gasteiger charge is 2.23. The van der Waals surface area contributed by atoms with Gasteiger partial charge in [-0.05, 0) is 25.1 Å². The van der Waals surface area contributed by atoms with Crippen molar-refractivity contribution in [1.29, 1.82) is 0 Å². The van der Waals surface area contributed by atoms with Gasteiger partial charge in [0.1, 0.15) is 5.69 Å². The maximum absolute atomic E-state index is 12.6. The summed E-state index contributed by atoms with van der Waals surface area (Å²) < 4.78 is 0. The molecule has 0 aliphatic carbocycles. The molecule has 6 nitrogen and oxygen atoms in total. The first-order chi connectivity index (χ1) is 11.6. The third-order valence-electron chi connectivity index (χ3n) is 4.53. The lowest BCUT2D eigenvalue weighted by molar-refractivity contribution is 0.0637. The highest BCUT2D eigenvalue weighted by molar-refractivity contribution is 5.98. The van der Waals surface area contributed by atoms with Gasteiger partial charge in [0, 0.05) is 51.5 Å². The van der Waals surface area contributed by atoms with E-state index in [2.05, 4.69) is 23.7 Å². The van der Waals surface area contributed by atoms with Gasteiger partial charge in [-0.15, -0.1) is 0 Å². The van der Waals surface area contributed by atoms with Crippen LogP contribution in [-0.2, 0) is 0 Å². The molecule has 2 amide bonds. The zero-order valence-electron chi connectivity index (χ0n) is 15.0. The molecule has 2 heterocycles. The number of pyridine rings is 1. The van der Waals surface area contributed by atoms with Gasteiger partial charge < -0.3 is 14.7 Å². The van der Waals surface area contributed by atoms with Gasteiger partial charge in [0.05, 0.1) is 0 Å². The lowest BCUT2D eigenvalue weighted by Crippen LogP contribution is -2.48. The minimum Gasteiger partial charge on any atom is -0.342 e. The molecule has 132 valence electrons. The Hall–Kier alpha value is -1.95. The number of nitrogens with zero attached hydrogens (tertiary/aromatic N) is 4. The summed E-state index contributed by atoms with van der Waals surface area (Å²) in [4.78, 5) is 35.1. The molecule has 0 atom stereocenters. The second kappa shape index (κ2) is 8.78. The van der Waals surface area contributed by atoms with Gasteiger partial charge >= 0.3 is 0 Å². The Labute approximate surface area is 144 Å². The van der Waals surface area contributed by atoms with Crippen molar-refractivity contribution in [3.05, 3.63) is 29.6 Å². The van der Waals surface area contributed by atoms with E-state index < -0.39 is 0 Å². The number of likely N-dealkylation sites (N-methyl/N-ethyl adjacent to an activating group) is 1. The summed E-state index contributed by atoms with van der Waals surface area (Å²) in [5, 5.41) is 0. The van der Waals surface area contributed by atoms with E-state index in [1.54, 1.807) is 30.3 Å². The predicted molar refractivity (Wildman–Crippen MR) is 94.1 cm³/mol. The van der Waals surface area contributed by atoms with Crippen LogP contribution in [0.5, 0.6) is 0 Å². The molecule has 1 aliphatic rings. The van der Waals surface area contributed by atoms with Crippen molar-refractivity contribution in [2.45, 2.75) is 26.7 Å². The SMILES string of the molecule is CCCCN(C)C(=O)c1ccnc(C(=O)N2CCN(CC)CC2)c1. The standard InChI is InChI=1S/C18H28N4O2/c1-4-6-9-20(3)17(23)15-7-8-19-16(14-15)18(24)22-12-10-21(5-2)11-13-22/h7-8,14H,4-6,9-13H2,1-3H3. The first kappa shape index (κ1) is 18.4. The molecule has 24 heavy (non-hydrogen) atoms. The summed E-state index contributed by atoms with van der Waals surface area (Å²) in [6.45, 7) is 9.16. The lowest BCUT2D eigenvalue weighted by Gasteiger charge is -2.33. The van der Waals surface area contributed by atoms with Crippen molar-refractivity contribution in [1.82, 2.24) is 19.7 Å². The number of carbonyl (C=O) groups excluding carboxylic acids is 2. The van der Waals surface area contributed by atoms with Crippen LogP contribution in [0.3, 0.4) is 0 Å². The van der Waals surface area contributed by atoms with Crippen LogP contribution in [0.25, 0.3) is 0 Å². The van der Waals surface area contributed by atoms with Gasteiger partial charge in [-0.25, -0.2) is 0 Å². The molecule has 1 aliphatic heterocycles.